The number of benzene rings is 1. The second kappa shape index (κ2) is 6.77. The van der Waals surface area contributed by atoms with Gasteiger partial charge in [-0.1, -0.05) is 0 Å². The van der Waals surface area contributed by atoms with Gasteiger partial charge in [-0.3, -0.25) is 19.0 Å². The summed E-state index contributed by atoms with van der Waals surface area (Å²) in [7, 11) is 0. The molecule has 1 aromatic heterocycles. The normalized spacial score (nSPS) is 25.4. The van der Waals surface area contributed by atoms with Crippen molar-refractivity contribution >= 4 is 11.8 Å². The van der Waals surface area contributed by atoms with Crippen LogP contribution < -0.4 is 5.56 Å². The summed E-state index contributed by atoms with van der Waals surface area (Å²) in [6.07, 6.45) is 3.13. The third-order valence-electron chi connectivity index (χ3n) is 6.49. The zero-order chi connectivity index (χ0) is 21.0. The number of hydrogen-bond acceptors (Lipinski definition) is 4. The quantitative estimate of drug-likeness (QED) is 0.756. The highest BCUT2D eigenvalue weighted by Gasteiger charge is 2.61. The Morgan fingerprint density at radius 3 is 2.70 bits per heavy atom. The minimum atomic E-state index is -0.760. The van der Waals surface area contributed by atoms with Gasteiger partial charge in [0.05, 0.1) is 19.1 Å². The van der Waals surface area contributed by atoms with Crippen molar-refractivity contribution in [3.05, 3.63) is 63.8 Å². The van der Waals surface area contributed by atoms with E-state index in [1.165, 1.54) is 28.8 Å². The van der Waals surface area contributed by atoms with Gasteiger partial charge in [0.25, 0.3) is 11.5 Å². The average Bonchev–Trinajstić information content (AvgIpc) is 3.21. The number of ether oxygens (including phenoxy) is 1. The molecule has 1 aromatic carbocycles. The zero-order valence-electron chi connectivity index (χ0n) is 16.6. The van der Waals surface area contributed by atoms with Crippen molar-refractivity contribution in [1.82, 2.24) is 14.4 Å². The maximum Gasteiger partial charge on any atom is 0.268 e. The van der Waals surface area contributed by atoms with Crippen molar-refractivity contribution in [2.24, 2.45) is 0 Å². The van der Waals surface area contributed by atoms with Gasteiger partial charge in [-0.05, 0) is 49.2 Å². The number of aryl methyl sites for hydroxylation is 1. The predicted octanol–water partition coefficient (Wildman–Crippen LogP) is 1.85. The second-order valence-corrected chi connectivity index (χ2v) is 8.09. The Bertz CT molecular complexity index is 1100. The lowest BCUT2D eigenvalue weighted by Crippen LogP contribution is -2.56. The summed E-state index contributed by atoms with van der Waals surface area (Å²) in [5.74, 6) is -0.800. The van der Waals surface area contributed by atoms with E-state index in [-0.39, 0.29) is 23.8 Å². The van der Waals surface area contributed by atoms with Crippen LogP contribution in [0.4, 0.5) is 4.39 Å². The first kappa shape index (κ1) is 19.0. The maximum atomic E-state index is 13.5. The van der Waals surface area contributed by atoms with Crippen LogP contribution in [0.5, 0.6) is 0 Å². The number of pyridine rings is 1. The smallest absolute Gasteiger partial charge is 0.268 e. The van der Waals surface area contributed by atoms with E-state index < -0.39 is 23.1 Å². The van der Waals surface area contributed by atoms with Crippen LogP contribution in [0.1, 0.15) is 35.2 Å². The number of halogens is 1. The molecule has 2 amide bonds. The SMILES string of the molecule is Cc1ccn(-c2ccc(F)cc2)c(=O)c1C(=O)N1CC[C@@]23OCCCN2C(=O)C[C@@H]13. The van der Waals surface area contributed by atoms with Crippen molar-refractivity contribution in [2.75, 3.05) is 19.7 Å². The molecule has 0 unspecified atom stereocenters. The molecule has 3 fully saturated rings. The first-order chi connectivity index (χ1) is 14.4. The Morgan fingerprint density at radius 1 is 1.17 bits per heavy atom. The highest BCUT2D eigenvalue weighted by Crippen LogP contribution is 2.45. The highest BCUT2D eigenvalue weighted by atomic mass is 19.1. The van der Waals surface area contributed by atoms with E-state index in [2.05, 4.69) is 0 Å². The molecule has 1 spiro atoms. The number of amides is 2. The summed E-state index contributed by atoms with van der Waals surface area (Å²) < 4.78 is 20.7. The number of nitrogens with zero attached hydrogens (tertiary/aromatic N) is 3. The van der Waals surface area contributed by atoms with Crippen LogP contribution in [0.3, 0.4) is 0 Å². The average molecular weight is 411 g/mol. The Morgan fingerprint density at radius 2 is 1.93 bits per heavy atom. The van der Waals surface area contributed by atoms with Crippen molar-refractivity contribution < 1.29 is 18.7 Å². The Kier molecular flexibility index (Phi) is 4.28. The molecule has 2 aromatic rings. The van der Waals surface area contributed by atoms with E-state index in [9.17, 15) is 18.8 Å². The minimum Gasteiger partial charge on any atom is -0.353 e. The molecule has 2 atom stereocenters. The highest BCUT2D eigenvalue weighted by molar-refractivity contribution is 5.97. The van der Waals surface area contributed by atoms with Gasteiger partial charge in [-0.2, -0.15) is 0 Å². The Hall–Kier alpha value is -3.00. The van der Waals surface area contributed by atoms with Crippen molar-refractivity contribution in [1.29, 1.82) is 0 Å². The number of hydrogen-bond donors (Lipinski definition) is 0. The molecule has 0 N–H and O–H groups in total. The molecule has 156 valence electrons. The van der Waals surface area contributed by atoms with E-state index in [4.69, 9.17) is 4.74 Å². The molecular formula is C22H22FN3O4. The molecule has 0 saturated carbocycles. The molecule has 3 aliphatic heterocycles. The predicted molar refractivity (Wildman–Crippen MR) is 106 cm³/mol. The summed E-state index contributed by atoms with van der Waals surface area (Å²) in [4.78, 5) is 42.7. The van der Waals surface area contributed by atoms with Gasteiger partial charge in [-0.15, -0.1) is 0 Å². The number of rotatable bonds is 2. The summed E-state index contributed by atoms with van der Waals surface area (Å²) in [5, 5.41) is 0. The first-order valence-electron chi connectivity index (χ1n) is 10.2. The number of likely N-dealkylation sites (tertiary alicyclic amines) is 1. The lowest BCUT2D eigenvalue weighted by molar-refractivity contribution is -0.179. The summed E-state index contributed by atoms with van der Waals surface area (Å²) in [6, 6.07) is 6.84. The molecule has 0 aliphatic carbocycles. The van der Waals surface area contributed by atoms with Gasteiger partial charge in [-0.25, -0.2) is 4.39 Å². The molecule has 0 bridgehead atoms. The molecule has 8 heteroatoms. The van der Waals surface area contributed by atoms with Gasteiger partial charge in [0.2, 0.25) is 5.91 Å². The molecule has 5 rings (SSSR count). The molecule has 4 heterocycles. The van der Waals surface area contributed by atoms with Crippen LogP contribution in [0.2, 0.25) is 0 Å². The van der Waals surface area contributed by atoms with E-state index in [0.29, 0.717) is 37.4 Å². The van der Waals surface area contributed by atoms with Crippen LogP contribution in [-0.2, 0) is 9.53 Å². The third-order valence-corrected chi connectivity index (χ3v) is 6.49. The van der Waals surface area contributed by atoms with Crippen molar-refractivity contribution in [3.8, 4) is 5.69 Å². The molecule has 3 aliphatic rings. The summed E-state index contributed by atoms with van der Waals surface area (Å²) in [6.45, 7) is 3.35. The van der Waals surface area contributed by atoms with Crippen LogP contribution in [0, 0.1) is 12.7 Å². The fourth-order valence-electron chi connectivity index (χ4n) is 5.03. The molecule has 7 nitrogen and oxygen atoms in total. The lowest BCUT2D eigenvalue weighted by Gasteiger charge is -2.42. The van der Waals surface area contributed by atoms with Gasteiger partial charge in [0, 0.05) is 31.4 Å². The van der Waals surface area contributed by atoms with E-state index in [0.717, 1.165) is 6.42 Å². The van der Waals surface area contributed by atoms with Crippen LogP contribution in [-0.4, -0.2) is 57.6 Å². The van der Waals surface area contributed by atoms with E-state index >= 15 is 0 Å². The minimum absolute atomic E-state index is 0.00860. The fraction of sp³-hybridized carbons (Fsp3) is 0.409. The molecule has 3 saturated heterocycles. The van der Waals surface area contributed by atoms with Crippen LogP contribution in [0.15, 0.2) is 41.3 Å². The fourth-order valence-corrected chi connectivity index (χ4v) is 5.03. The monoisotopic (exact) mass is 411 g/mol. The number of carbonyl (C=O) groups is 2. The van der Waals surface area contributed by atoms with Crippen molar-refractivity contribution in [3.63, 3.8) is 0 Å². The van der Waals surface area contributed by atoms with E-state index in [1.54, 1.807) is 29.0 Å². The van der Waals surface area contributed by atoms with Crippen molar-refractivity contribution in [2.45, 2.75) is 38.0 Å². The van der Waals surface area contributed by atoms with Gasteiger partial charge >= 0.3 is 0 Å². The van der Waals surface area contributed by atoms with Gasteiger partial charge in [0.1, 0.15) is 11.4 Å². The Labute approximate surface area is 172 Å². The standard InChI is InChI=1S/C22H22FN3O4/c1-14-7-10-24(16-5-3-15(23)4-6-16)20(28)19(14)21(29)25-11-8-22-17(25)13-18(27)26(22)9-2-12-30-22/h3-7,10,17H,2,8-9,11-13H2,1H3/t17-,22+/m1/s1. The van der Waals surface area contributed by atoms with Gasteiger partial charge in [0.15, 0.2) is 5.72 Å². The topological polar surface area (TPSA) is 71.9 Å². The Balaban J connectivity index is 1.53. The summed E-state index contributed by atoms with van der Waals surface area (Å²) in [5.41, 5.74) is -0.107. The molecule has 30 heavy (non-hydrogen) atoms. The lowest BCUT2D eigenvalue weighted by atomic mass is 10.0. The number of carbonyl (C=O) groups excluding carboxylic acids is 2. The van der Waals surface area contributed by atoms with E-state index in [1.807, 2.05) is 0 Å². The largest absolute Gasteiger partial charge is 0.353 e. The van der Waals surface area contributed by atoms with Crippen LogP contribution >= 0.6 is 0 Å². The maximum absolute atomic E-state index is 13.5. The first-order valence-corrected chi connectivity index (χ1v) is 10.2. The molecule has 0 radical (unpaired) electrons. The summed E-state index contributed by atoms with van der Waals surface area (Å²) >= 11 is 0. The number of aromatic nitrogens is 1. The molecular weight excluding hydrogens is 389 g/mol. The van der Waals surface area contributed by atoms with Gasteiger partial charge < -0.3 is 14.5 Å². The second-order valence-electron chi connectivity index (χ2n) is 8.09. The van der Waals surface area contributed by atoms with Crippen LogP contribution in [0.25, 0.3) is 5.69 Å². The zero-order valence-corrected chi connectivity index (χ0v) is 16.6. The third kappa shape index (κ3) is 2.63.